The number of aliphatic hydroxyl groups excluding tert-OH is 1. The first-order valence-electron chi connectivity index (χ1n) is 6.52. The van der Waals surface area contributed by atoms with Crippen molar-refractivity contribution in [2.24, 2.45) is 0 Å². The van der Waals surface area contributed by atoms with Gasteiger partial charge in [0.2, 0.25) is 0 Å². The SMILES string of the molecule is OCC(CNC1CCC1)c1ccc(C(F)(F)F)cc1. The second-order valence-electron chi connectivity index (χ2n) is 5.04. The van der Waals surface area contributed by atoms with Gasteiger partial charge in [0.15, 0.2) is 0 Å². The summed E-state index contributed by atoms with van der Waals surface area (Å²) in [5.74, 6) is -0.150. The monoisotopic (exact) mass is 273 g/mol. The number of alkyl halides is 3. The van der Waals surface area contributed by atoms with Crippen LogP contribution < -0.4 is 5.32 Å². The van der Waals surface area contributed by atoms with Crippen LogP contribution in [0.2, 0.25) is 0 Å². The molecule has 1 saturated carbocycles. The summed E-state index contributed by atoms with van der Waals surface area (Å²) in [5.41, 5.74) is 0.0854. The van der Waals surface area contributed by atoms with Crippen molar-refractivity contribution in [3.63, 3.8) is 0 Å². The molecule has 1 aromatic carbocycles. The van der Waals surface area contributed by atoms with Crippen LogP contribution in [0, 0.1) is 0 Å². The van der Waals surface area contributed by atoms with Crippen LogP contribution in [0.4, 0.5) is 13.2 Å². The van der Waals surface area contributed by atoms with E-state index in [1.165, 1.54) is 18.6 Å². The summed E-state index contributed by atoms with van der Waals surface area (Å²) in [5, 5.41) is 12.7. The van der Waals surface area contributed by atoms with Gasteiger partial charge in [-0.15, -0.1) is 0 Å². The summed E-state index contributed by atoms with van der Waals surface area (Å²) in [6, 6.07) is 5.55. The Bertz CT molecular complexity index is 398. The van der Waals surface area contributed by atoms with E-state index in [2.05, 4.69) is 5.32 Å². The van der Waals surface area contributed by atoms with E-state index in [1.807, 2.05) is 0 Å². The zero-order valence-electron chi connectivity index (χ0n) is 10.6. The van der Waals surface area contributed by atoms with Gasteiger partial charge in [0, 0.05) is 18.5 Å². The number of hydrogen-bond acceptors (Lipinski definition) is 2. The third-order valence-electron chi connectivity index (χ3n) is 3.69. The van der Waals surface area contributed by atoms with Crippen molar-refractivity contribution in [1.82, 2.24) is 5.32 Å². The van der Waals surface area contributed by atoms with Gasteiger partial charge in [0.1, 0.15) is 0 Å². The highest BCUT2D eigenvalue weighted by molar-refractivity contribution is 5.27. The molecule has 1 atom stereocenters. The Kier molecular flexibility index (Phi) is 4.47. The zero-order chi connectivity index (χ0) is 13.9. The molecule has 0 amide bonds. The Labute approximate surface area is 110 Å². The maximum Gasteiger partial charge on any atom is 0.416 e. The second-order valence-corrected chi connectivity index (χ2v) is 5.04. The number of aliphatic hydroxyl groups is 1. The molecule has 1 aliphatic carbocycles. The molecule has 2 nitrogen and oxygen atoms in total. The standard InChI is InChI=1S/C14H18F3NO/c15-14(16,17)12-6-4-10(5-7-12)11(9-19)8-18-13-2-1-3-13/h4-7,11,13,18-19H,1-3,8-9H2. The van der Waals surface area contributed by atoms with Crippen LogP contribution in [0.25, 0.3) is 0 Å². The highest BCUT2D eigenvalue weighted by Gasteiger charge is 2.30. The summed E-state index contributed by atoms with van der Waals surface area (Å²) in [7, 11) is 0. The number of hydrogen-bond donors (Lipinski definition) is 2. The van der Waals surface area contributed by atoms with Gasteiger partial charge >= 0.3 is 6.18 Å². The van der Waals surface area contributed by atoms with E-state index in [-0.39, 0.29) is 12.5 Å². The summed E-state index contributed by atoms with van der Waals surface area (Å²) in [6.07, 6.45) is -0.796. The van der Waals surface area contributed by atoms with E-state index in [0.29, 0.717) is 12.6 Å². The van der Waals surface area contributed by atoms with E-state index >= 15 is 0 Å². The summed E-state index contributed by atoms with van der Waals surface area (Å²) in [6.45, 7) is 0.539. The number of halogens is 3. The lowest BCUT2D eigenvalue weighted by Crippen LogP contribution is -2.38. The molecule has 0 aromatic heterocycles. The molecule has 2 N–H and O–H groups in total. The first-order chi connectivity index (χ1) is 9.00. The molecule has 1 aromatic rings. The fourth-order valence-corrected chi connectivity index (χ4v) is 2.15. The highest BCUT2D eigenvalue weighted by atomic mass is 19.4. The predicted molar refractivity (Wildman–Crippen MR) is 66.9 cm³/mol. The van der Waals surface area contributed by atoms with Gasteiger partial charge in [0.25, 0.3) is 0 Å². The quantitative estimate of drug-likeness (QED) is 0.864. The molecule has 0 heterocycles. The minimum Gasteiger partial charge on any atom is -0.396 e. The molecule has 19 heavy (non-hydrogen) atoms. The maximum atomic E-state index is 12.4. The Morgan fingerprint density at radius 3 is 2.26 bits per heavy atom. The van der Waals surface area contributed by atoms with Crippen molar-refractivity contribution < 1.29 is 18.3 Å². The normalized spacial score (nSPS) is 18.1. The third kappa shape index (κ3) is 3.70. The second kappa shape index (κ2) is 5.92. The third-order valence-corrected chi connectivity index (χ3v) is 3.69. The first-order valence-corrected chi connectivity index (χ1v) is 6.52. The lowest BCUT2D eigenvalue weighted by Gasteiger charge is -2.28. The van der Waals surface area contributed by atoms with E-state index < -0.39 is 11.7 Å². The summed E-state index contributed by atoms with van der Waals surface area (Å²) in [4.78, 5) is 0. The number of rotatable bonds is 5. The van der Waals surface area contributed by atoms with Crippen LogP contribution in [0.1, 0.15) is 36.3 Å². The predicted octanol–water partition coefficient (Wildman–Crippen LogP) is 2.92. The summed E-state index contributed by atoms with van der Waals surface area (Å²) >= 11 is 0. The zero-order valence-corrected chi connectivity index (χ0v) is 10.6. The Balaban J connectivity index is 1.97. The fourth-order valence-electron chi connectivity index (χ4n) is 2.15. The van der Waals surface area contributed by atoms with Crippen molar-refractivity contribution in [2.75, 3.05) is 13.2 Å². The maximum absolute atomic E-state index is 12.4. The number of nitrogens with one attached hydrogen (secondary N) is 1. The van der Waals surface area contributed by atoms with Gasteiger partial charge in [-0.25, -0.2) is 0 Å². The average Bonchev–Trinajstić information content (AvgIpc) is 2.31. The van der Waals surface area contributed by atoms with Crippen molar-refractivity contribution in [3.8, 4) is 0 Å². The fraction of sp³-hybridized carbons (Fsp3) is 0.571. The van der Waals surface area contributed by atoms with Crippen LogP contribution in [0.3, 0.4) is 0 Å². The lowest BCUT2D eigenvalue weighted by atomic mass is 9.91. The van der Waals surface area contributed by atoms with Gasteiger partial charge < -0.3 is 10.4 Å². The number of benzene rings is 1. The molecule has 0 aliphatic heterocycles. The van der Waals surface area contributed by atoms with Gasteiger partial charge in [-0.1, -0.05) is 18.6 Å². The molecule has 1 unspecified atom stereocenters. The summed E-state index contributed by atoms with van der Waals surface area (Å²) < 4.78 is 37.3. The lowest BCUT2D eigenvalue weighted by molar-refractivity contribution is -0.137. The van der Waals surface area contributed by atoms with E-state index in [9.17, 15) is 18.3 Å². The van der Waals surface area contributed by atoms with Gasteiger partial charge in [-0.2, -0.15) is 13.2 Å². The minimum absolute atomic E-state index is 0.0644. The van der Waals surface area contributed by atoms with Gasteiger partial charge in [-0.3, -0.25) is 0 Å². The molecule has 0 saturated heterocycles. The van der Waals surface area contributed by atoms with E-state index in [1.54, 1.807) is 0 Å². The van der Waals surface area contributed by atoms with Crippen molar-refractivity contribution in [3.05, 3.63) is 35.4 Å². The van der Waals surface area contributed by atoms with Gasteiger partial charge in [-0.05, 0) is 30.5 Å². The van der Waals surface area contributed by atoms with Crippen LogP contribution in [0.15, 0.2) is 24.3 Å². The molecule has 5 heteroatoms. The van der Waals surface area contributed by atoms with Crippen molar-refractivity contribution in [1.29, 1.82) is 0 Å². The topological polar surface area (TPSA) is 32.3 Å². The molecule has 2 rings (SSSR count). The molecule has 0 radical (unpaired) electrons. The Hall–Kier alpha value is -1.07. The van der Waals surface area contributed by atoms with Crippen molar-refractivity contribution in [2.45, 2.75) is 37.4 Å². The van der Waals surface area contributed by atoms with Crippen LogP contribution >= 0.6 is 0 Å². The molecule has 106 valence electrons. The molecule has 1 fully saturated rings. The largest absolute Gasteiger partial charge is 0.416 e. The Morgan fingerprint density at radius 1 is 1.21 bits per heavy atom. The van der Waals surface area contributed by atoms with Crippen LogP contribution in [-0.2, 0) is 6.18 Å². The average molecular weight is 273 g/mol. The van der Waals surface area contributed by atoms with Crippen LogP contribution in [-0.4, -0.2) is 24.3 Å². The highest BCUT2D eigenvalue weighted by Crippen LogP contribution is 2.30. The molecule has 0 bridgehead atoms. The van der Waals surface area contributed by atoms with Crippen LogP contribution in [0.5, 0.6) is 0 Å². The van der Waals surface area contributed by atoms with Crippen molar-refractivity contribution >= 4 is 0 Å². The molecule has 1 aliphatic rings. The Morgan fingerprint density at radius 2 is 1.84 bits per heavy atom. The van der Waals surface area contributed by atoms with Gasteiger partial charge in [0.05, 0.1) is 12.2 Å². The van der Waals surface area contributed by atoms with E-state index in [0.717, 1.165) is 30.5 Å². The molecular formula is C14H18F3NO. The minimum atomic E-state index is -4.31. The molecule has 0 spiro atoms. The van der Waals surface area contributed by atoms with E-state index in [4.69, 9.17) is 0 Å². The first kappa shape index (κ1) is 14.3. The smallest absolute Gasteiger partial charge is 0.396 e. The molecular weight excluding hydrogens is 255 g/mol.